The number of nitrogens with one attached hydrogen (secondary N) is 1. The van der Waals surface area contributed by atoms with Gasteiger partial charge in [0.15, 0.2) is 0 Å². The van der Waals surface area contributed by atoms with E-state index < -0.39 is 0 Å². The molecular weight excluding hydrogens is 414 g/mol. The van der Waals surface area contributed by atoms with Crippen molar-refractivity contribution < 1.29 is 4.79 Å². The maximum absolute atomic E-state index is 12.7. The van der Waals surface area contributed by atoms with Crippen LogP contribution < -0.4 is 11.0 Å². The molecule has 31 heavy (non-hydrogen) atoms. The topological polar surface area (TPSA) is 72.2 Å². The molecule has 1 aliphatic rings. The van der Waals surface area contributed by atoms with Gasteiger partial charge < -0.3 is 5.32 Å². The van der Waals surface area contributed by atoms with Crippen LogP contribution in [0.2, 0.25) is 5.02 Å². The molecule has 0 bridgehead atoms. The number of likely N-dealkylation sites (tertiary alicyclic amines) is 1. The van der Waals surface area contributed by atoms with E-state index in [4.69, 9.17) is 11.6 Å². The summed E-state index contributed by atoms with van der Waals surface area (Å²) in [5.74, 6) is 0.902. The zero-order chi connectivity index (χ0) is 22.0. The molecule has 2 heterocycles. The Morgan fingerprint density at radius 3 is 2.55 bits per heavy atom. The fourth-order valence-electron chi connectivity index (χ4n) is 3.99. The molecule has 3 aromatic rings. The van der Waals surface area contributed by atoms with Crippen LogP contribution in [0.3, 0.4) is 0 Å². The van der Waals surface area contributed by atoms with Gasteiger partial charge in [0.25, 0.3) is 0 Å². The van der Waals surface area contributed by atoms with Gasteiger partial charge in [0.05, 0.1) is 12.2 Å². The maximum Gasteiger partial charge on any atom is 0.350 e. The second-order valence-corrected chi connectivity index (χ2v) is 8.41. The largest absolute Gasteiger partial charge is 0.350 e. The zero-order valence-electron chi connectivity index (χ0n) is 17.7. The Kier molecular flexibility index (Phi) is 6.25. The van der Waals surface area contributed by atoms with Crippen LogP contribution in [-0.2, 0) is 11.8 Å². The highest BCUT2D eigenvalue weighted by Gasteiger charge is 2.27. The SMILES string of the molecule is Cc1ccc(NC(=O)CN2CCC(c3nn(C)c(=O)n3-c3ccccc3)CC2)cc1Cl. The number of carbonyl (C=O) groups excluding carboxylic acids is 1. The van der Waals surface area contributed by atoms with E-state index >= 15 is 0 Å². The first-order valence-electron chi connectivity index (χ1n) is 10.4. The van der Waals surface area contributed by atoms with Crippen molar-refractivity contribution in [1.29, 1.82) is 0 Å². The number of rotatable bonds is 5. The Balaban J connectivity index is 1.39. The highest BCUT2D eigenvalue weighted by Crippen LogP contribution is 2.27. The summed E-state index contributed by atoms with van der Waals surface area (Å²) in [6, 6.07) is 15.1. The summed E-state index contributed by atoms with van der Waals surface area (Å²) in [7, 11) is 1.68. The van der Waals surface area contributed by atoms with E-state index in [-0.39, 0.29) is 17.5 Å². The first-order valence-corrected chi connectivity index (χ1v) is 10.8. The molecule has 0 radical (unpaired) electrons. The van der Waals surface area contributed by atoms with Gasteiger partial charge in [-0.2, -0.15) is 5.10 Å². The number of hydrogen-bond donors (Lipinski definition) is 1. The van der Waals surface area contributed by atoms with Crippen molar-refractivity contribution in [2.45, 2.75) is 25.7 Å². The Hall–Kier alpha value is -2.90. The van der Waals surface area contributed by atoms with Gasteiger partial charge in [0.2, 0.25) is 5.91 Å². The van der Waals surface area contributed by atoms with E-state index in [9.17, 15) is 9.59 Å². The lowest BCUT2D eigenvalue weighted by atomic mass is 9.95. The summed E-state index contributed by atoms with van der Waals surface area (Å²) in [4.78, 5) is 27.2. The molecular formula is C23H26ClN5O2. The van der Waals surface area contributed by atoms with Crippen LogP contribution in [0.4, 0.5) is 5.69 Å². The van der Waals surface area contributed by atoms with Gasteiger partial charge in [-0.05, 0) is 62.7 Å². The van der Waals surface area contributed by atoms with Crippen molar-refractivity contribution in [3.05, 3.63) is 75.4 Å². The van der Waals surface area contributed by atoms with Gasteiger partial charge >= 0.3 is 5.69 Å². The second-order valence-electron chi connectivity index (χ2n) is 8.00. The fraction of sp³-hybridized carbons (Fsp3) is 0.348. The first kappa shape index (κ1) is 21.3. The number of anilines is 1. The number of amides is 1. The van der Waals surface area contributed by atoms with Gasteiger partial charge in [-0.15, -0.1) is 0 Å². The van der Waals surface area contributed by atoms with Crippen molar-refractivity contribution in [3.63, 3.8) is 0 Å². The molecule has 162 valence electrons. The second kappa shape index (κ2) is 9.08. The van der Waals surface area contributed by atoms with Crippen molar-refractivity contribution in [2.75, 3.05) is 25.0 Å². The summed E-state index contributed by atoms with van der Waals surface area (Å²) in [6.07, 6.45) is 1.68. The molecule has 4 rings (SSSR count). The Bertz CT molecular complexity index is 1130. The van der Waals surface area contributed by atoms with Gasteiger partial charge in [0.1, 0.15) is 5.82 Å². The fourth-order valence-corrected chi connectivity index (χ4v) is 4.17. The molecule has 0 saturated carbocycles. The molecule has 1 saturated heterocycles. The first-order chi connectivity index (χ1) is 14.9. The normalized spacial score (nSPS) is 15.2. The minimum Gasteiger partial charge on any atom is -0.325 e. The van der Waals surface area contributed by atoms with E-state index in [0.29, 0.717) is 17.3 Å². The number of aryl methyl sites for hydroxylation is 2. The number of piperidine rings is 1. The molecule has 0 atom stereocenters. The lowest BCUT2D eigenvalue weighted by Crippen LogP contribution is -2.39. The zero-order valence-corrected chi connectivity index (χ0v) is 18.5. The number of halogens is 1. The number of hydrogen-bond acceptors (Lipinski definition) is 4. The number of benzene rings is 2. The molecule has 1 N–H and O–H groups in total. The Morgan fingerprint density at radius 2 is 1.87 bits per heavy atom. The molecule has 8 heteroatoms. The number of nitrogens with zero attached hydrogens (tertiary/aromatic N) is 4. The van der Waals surface area contributed by atoms with E-state index in [1.165, 1.54) is 4.68 Å². The van der Waals surface area contributed by atoms with Crippen molar-refractivity contribution in [2.24, 2.45) is 7.05 Å². The van der Waals surface area contributed by atoms with Crippen LogP contribution >= 0.6 is 11.6 Å². The third-order valence-corrected chi connectivity index (χ3v) is 6.15. The molecule has 1 aromatic heterocycles. The molecule has 7 nitrogen and oxygen atoms in total. The molecule has 1 aliphatic heterocycles. The van der Waals surface area contributed by atoms with Crippen molar-refractivity contribution >= 4 is 23.2 Å². The number of para-hydroxylation sites is 1. The van der Waals surface area contributed by atoms with Gasteiger partial charge in [-0.3, -0.25) is 9.69 Å². The molecule has 1 amide bonds. The molecule has 0 spiro atoms. The highest BCUT2D eigenvalue weighted by molar-refractivity contribution is 6.31. The van der Waals surface area contributed by atoms with Crippen molar-refractivity contribution in [1.82, 2.24) is 19.2 Å². The molecule has 2 aromatic carbocycles. The number of carbonyl (C=O) groups is 1. The Labute approximate surface area is 186 Å². The highest BCUT2D eigenvalue weighted by atomic mass is 35.5. The monoisotopic (exact) mass is 439 g/mol. The number of aromatic nitrogens is 3. The smallest absolute Gasteiger partial charge is 0.325 e. The molecule has 0 unspecified atom stereocenters. The average molecular weight is 440 g/mol. The van der Waals surface area contributed by atoms with E-state index in [1.807, 2.05) is 49.4 Å². The summed E-state index contributed by atoms with van der Waals surface area (Å²) in [5, 5.41) is 8.08. The van der Waals surface area contributed by atoms with Crippen LogP contribution in [0.25, 0.3) is 5.69 Å². The van der Waals surface area contributed by atoms with E-state index in [0.717, 1.165) is 43.0 Å². The van der Waals surface area contributed by atoms with E-state index in [2.05, 4.69) is 15.3 Å². The molecule has 1 fully saturated rings. The third kappa shape index (κ3) is 4.73. The predicted molar refractivity (Wildman–Crippen MR) is 122 cm³/mol. The quantitative estimate of drug-likeness (QED) is 0.661. The lowest BCUT2D eigenvalue weighted by molar-refractivity contribution is -0.117. The third-order valence-electron chi connectivity index (χ3n) is 5.74. The van der Waals surface area contributed by atoms with Gasteiger partial charge in [-0.1, -0.05) is 35.9 Å². The lowest BCUT2D eigenvalue weighted by Gasteiger charge is -2.31. The van der Waals surface area contributed by atoms with Crippen LogP contribution in [-0.4, -0.2) is 44.8 Å². The maximum atomic E-state index is 12.7. The van der Waals surface area contributed by atoms with Crippen LogP contribution in [0.1, 0.15) is 30.1 Å². The summed E-state index contributed by atoms with van der Waals surface area (Å²) in [5.41, 5.74) is 2.37. The van der Waals surface area contributed by atoms with Crippen LogP contribution in [0, 0.1) is 6.92 Å². The minimum atomic E-state index is -0.139. The van der Waals surface area contributed by atoms with Crippen LogP contribution in [0.5, 0.6) is 0 Å². The summed E-state index contributed by atoms with van der Waals surface area (Å²) < 4.78 is 3.10. The standard InChI is InChI=1S/C23H26ClN5O2/c1-16-8-9-18(14-20(16)24)25-21(30)15-28-12-10-17(11-13-28)22-26-27(2)23(31)29(22)19-6-4-3-5-7-19/h3-9,14,17H,10-13,15H2,1-2H3,(H,25,30). The predicted octanol–water partition coefficient (Wildman–Crippen LogP) is 3.35. The van der Waals surface area contributed by atoms with Crippen molar-refractivity contribution in [3.8, 4) is 5.69 Å². The van der Waals surface area contributed by atoms with E-state index in [1.54, 1.807) is 17.7 Å². The van der Waals surface area contributed by atoms with Gasteiger partial charge in [-0.25, -0.2) is 14.0 Å². The summed E-state index contributed by atoms with van der Waals surface area (Å²) >= 11 is 6.14. The molecule has 0 aliphatic carbocycles. The Morgan fingerprint density at radius 1 is 1.16 bits per heavy atom. The van der Waals surface area contributed by atoms with Gasteiger partial charge in [0, 0.05) is 23.7 Å². The average Bonchev–Trinajstić information content (AvgIpc) is 3.06. The van der Waals surface area contributed by atoms with Crippen LogP contribution in [0.15, 0.2) is 53.3 Å². The minimum absolute atomic E-state index is 0.0580. The summed E-state index contributed by atoms with van der Waals surface area (Å²) in [6.45, 7) is 3.79.